The molecule has 4 N–H and O–H groups in total. The van der Waals surface area contributed by atoms with Gasteiger partial charge in [0.25, 0.3) is 0 Å². The van der Waals surface area contributed by atoms with Crippen LogP contribution in [0.15, 0.2) is 30.3 Å². The van der Waals surface area contributed by atoms with Crippen LogP contribution in [0.1, 0.15) is 31.7 Å². The number of aliphatic carboxylic acids is 2. The molecule has 126 valence electrons. The predicted octanol–water partition coefficient (Wildman–Crippen LogP) is 1.03. The zero-order chi connectivity index (χ0) is 17.5. The SMILES string of the molecule is CCCCC(C(N)=O)(c1ccccc1)N(CC(=O)O)CC(=O)O. The molecule has 0 heterocycles. The highest BCUT2D eigenvalue weighted by Crippen LogP contribution is 2.34. The van der Waals surface area contributed by atoms with Crippen molar-refractivity contribution in [2.24, 2.45) is 5.73 Å². The van der Waals surface area contributed by atoms with Crippen LogP contribution in [0.25, 0.3) is 0 Å². The molecular formula is C16H22N2O5. The zero-order valence-electron chi connectivity index (χ0n) is 13.1. The Kier molecular flexibility index (Phi) is 6.71. The number of hydrogen-bond donors (Lipinski definition) is 3. The van der Waals surface area contributed by atoms with Gasteiger partial charge in [0.1, 0.15) is 5.54 Å². The summed E-state index contributed by atoms with van der Waals surface area (Å²) in [5, 5.41) is 18.3. The zero-order valence-corrected chi connectivity index (χ0v) is 13.1. The number of primary amides is 1. The lowest BCUT2D eigenvalue weighted by molar-refractivity contribution is -0.148. The van der Waals surface area contributed by atoms with Crippen LogP contribution in [0.5, 0.6) is 0 Å². The molecule has 1 amide bonds. The number of amides is 1. The predicted molar refractivity (Wildman–Crippen MR) is 83.7 cm³/mol. The van der Waals surface area contributed by atoms with E-state index in [1.165, 1.54) is 0 Å². The van der Waals surface area contributed by atoms with E-state index in [9.17, 15) is 14.4 Å². The molecule has 0 aromatic heterocycles. The average Bonchev–Trinajstić information content (AvgIpc) is 2.47. The summed E-state index contributed by atoms with van der Waals surface area (Å²) >= 11 is 0. The van der Waals surface area contributed by atoms with E-state index in [1.54, 1.807) is 30.3 Å². The average molecular weight is 322 g/mol. The first-order valence-electron chi connectivity index (χ1n) is 7.38. The van der Waals surface area contributed by atoms with E-state index < -0.39 is 36.5 Å². The van der Waals surface area contributed by atoms with Crippen molar-refractivity contribution < 1.29 is 24.6 Å². The third kappa shape index (κ3) is 4.53. The second-order valence-electron chi connectivity index (χ2n) is 5.34. The van der Waals surface area contributed by atoms with Crippen molar-refractivity contribution in [2.75, 3.05) is 13.1 Å². The first kappa shape index (κ1) is 18.6. The molecule has 0 saturated heterocycles. The maximum Gasteiger partial charge on any atom is 0.317 e. The Morgan fingerprint density at radius 1 is 1.09 bits per heavy atom. The smallest absolute Gasteiger partial charge is 0.317 e. The maximum atomic E-state index is 12.3. The highest BCUT2D eigenvalue weighted by Gasteiger charge is 2.45. The Labute approximate surface area is 134 Å². The Morgan fingerprint density at radius 2 is 1.61 bits per heavy atom. The summed E-state index contributed by atoms with van der Waals surface area (Å²) < 4.78 is 0. The number of hydrogen-bond acceptors (Lipinski definition) is 4. The minimum Gasteiger partial charge on any atom is -0.480 e. The van der Waals surface area contributed by atoms with Crippen LogP contribution >= 0.6 is 0 Å². The first-order chi connectivity index (χ1) is 10.8. The fourth-order valence-corrected chi connectivity index (χ4v) is 2.71. The van der Waals surface area contributed by atoms with Crippen LogP contribution in [0.2, 0.25) is 0 Å². The van der Waals surface area contributed by atoms with E-state index in [1.807, 2.05) is 6.92 Å². The highest BCUT2D eigenvalue weighted by atomic mass is 16.4. The molecule has 0 fully saturated rings. The summed E-state index contributed by atoms with van der Waals surface area (Å²) in [5.41, 5.74) is 4.67. The molecular weight excluding hydrogens is 300 g/mol. The molecule has 1 aromatic rings. The van der Waals surface area contributed by atoms with Crippen molar-refractivity contribution in [3.8, 4) is 0 Å². The molecule has 1 atom stereocenters. The topological polar surface area (TPSA) is 121 Å². The van der Waals surface area contributed by atoms with E-state index in [0.29, 0.717) is 12.0 Å². The molecule has 7 nitrogen and oxygen atoms in total. The fourth-order valence-electron chi connectivity index (χ4n) is 2.71. The van der Waals surface area contributed by atoms with Crippen molar-refractivity contribution in [1.29, 1.82) is 0 Å². The summed E-state index contributed by atoms with van der Waals surface area (Å²) in [7, 11) is 0. The number of carboxylic acid groups (broad SMARTS) is 2. The van der Waals surface area contributed by atoms with Gasteiger partial charge in [0, 0.05) is 0 Å². The van der Waals surface area contributed by atoms with Gasteiger partial charge in [-0.1, -0.05) is 50.1 Å². The second-order valence-corrected chi connectivity index (χ2v) is 5.34. The molecule has 0 spiro atoms. The largest absolute Gasteiger partial charge is 0.480 e. The number of carbonyl (C=O) groups excluding carboxylic acids is 1. The molecule has 0 radical (unpaired) electrons. The monoisotopic (exact) mass is 322 g/mol. The van der Waals surface area contributed by atoms with Gasteiger partial charge in [-0.2, -0.15) is 0 Å². The second kappa shape index (κ2) is 8.28. The van der Waals surface area contributed by atoms with Gasteiger partial charge in [-0.25, -0.2) is 0 Å². The molecule has 0 aliphatic rings. The number of nitrogens with two attached hydrogens (primary N) is 1. The lowest BCUT2D eigenvalue weighted by Gasteiger charge is -2.40. The van der Waals surface area contributed by atoms with Gasteiger partial charge in [0.05, 0.1) is 13.1 Å². The molecule has 23 heavy (non-hydrogen) atoms. The lowest BCUT2D eigenvalue weighted by atomic mass is 9.82. The lowest BCUT2D eigenvalue weighted by Crippen LogP contribution is -2.57. The first-order valence-corrected chi connectivity index (χ1v) is 7.38. The molecule has 7 heteroatoms. The number of rotatable bonds is 10. The van der Waals surface area contributed by atoms with E-state index in [0.717, 1.165) is 11.3 Å². The van der Waals surface area contributed by atoms with E-state index in [2.05, 4.69) is 0 Å². The standard InChI is InChI=1S/C16H22N2O5/c1-2-3-9-16(15(17)23,12-7-5-4-6-8-12)18(10-13(19)20)11-14(21)22/h4-8H,2-3,9-11H2,1H3,(H2,17,23)(H,19,20)(H,21,22). The fraction of sp³-hybridized carbons (Fsp3) is 0.438. The van der Waals surface area contributed by atoms with Crippen molar-refractivity contribution in [1.82, 2.24) is 4.90 Å². The Hall–Kier alpha value is -2.41. The molecule has 1 unspecified atom stereocenters. The summed E-state index contributed by atoms with van der Waals surface area (Å²) in [6, 6.07) is 8.50. The third-order valence-corrected chi connectivity index (χ3v) is 3.74. The summed E-state index contributed by atoms with van der Waals surface area (Å²) in [6.07, 6.45) is 1.62. The third-order valence-electron chi connectivity index (χ3n) is 3.74. The number of carboxylic acids is 2. The summed E-state index contributed by atoms with van der Waals surface area (Å²) in [4.78, 5) is 35.8. The summed E-state index contributed by atoms with van der Waals surface area (Å²) in [5.74, 6) is -3.19. The molecule has 0 aliphatic heterocycles. The van der Waals surface area contributed by atoms with Gasteiger partial charge in [-0.3, -0.25) is 19.3 Å². The minimum absolute atomic E-state index is 0.253. The van der Waals surface area contributed by atoms with Crippen LogP contribution in [-0.4, -0.2) is 46.0 Å². The quantitative estimate of drug-likeness (QED) is 0.591. The van der Waals surface area contributed by atoms with Gasteiger partial charge < -0.3 is 15.9 Å². The molecule has 1 aromatic carbocycles. The van der Waals surface area contributed by atoms with Crippen molar-refractivity contribution >= 4 is 17.8 Å². The van der Waals surface area contributed by atoms with Crippen molar-refractivity contribution in [3.63, 3.8) is 0 Å². The van der Waals surface area contributed by atoms with Crippen LogP contribution in [0.3, 0.4) is 0 Å². The molecule has 0 aliphatic carbocycles. The van der Waals surface area contributed by atoms with Crippen molar-refractivity contribution in [3.05, 3.63) is 35.9 Å². The van der Waals surface area contributed by atoms with Crippen LogP contribution in [0.4, 0.5) is 0 Å². The minimum atomic E-state index is -1.46. The number of unbranched alkanes of at least 4 members (excludes halogenated alkanes) is 1. The van der Waals surface area contributed by atoms with Crippen LogP contribution in [0, 0.1) is 0 Å². The van der Waals surface area contributed by atoms with Crippen LogP contribution in [-0.2, 0) is 19.9 Å². The van der Waals surface area contributed by atoms with Gasteiger partial charge in [0.15, 0.2) is 0 Å². The van der Waals surface area contributed by atoms with Gasteiger partial charge in [0.2, 0.25) is 5.91 Å². The number of benzene rings is 1. The number of carbonyl (C=O) groups is 3. The van der Waals surface area contributed by atoms with E-state index >= 15 is 0 Å². The Bertz CT molecular complexity index is 545. The molecule has 0 saturated carbocycles. The molecule has 0 bridgehead atoms. The maximum absolute atomic E-state index is 12.3. The van der Waals surface area contributed by atoms with E-state index in [-0.39, 0.29) is 6.42 Å². The van der Waals surface area contributed by atoms with Gasteiger partial charge >= 0.3 is 11.9 Å². The normalized spacial score (nSPS) is 13.5. The van der Waals surface area contributed by atoms with Crippen molar-refractivity contribution in [2.45, 2.75) is 31.7 Å². The molecule has 1 rings (SSSR count). The van der Waals surface area contributed by atoms with Gasteiger partial charge in [-0.05, 0) is 12.0 Å². The van der Waals surface area contributed by atoms with E-state index in [4.69, 9.17) is 15.9 Å². The van der Waals surface area contributed by atoms with Crippen LogP contribution < -0.4 is 5.73 Å². The van der Waals surface area contributed by atoms with Gasteiger partial charge in [-0.15, -0.1) is 0 Å². The highest BCUT2D eigenvalue weighted by molar-refractivity contribution is 5.87. The Morgan fingerprint density at radius 3 is 2.00 bits per heavy atom. The number of nitrogens with zero attached hydrogens (tertiary/aromatic N) is 1. The summed E-state index contributed by atoms with van der Waals surface area (Å²) in [6.45, 7) is 0.747. The Balaban J connectivity index is 3.45.